The molecule has 0 aliphatic carbocycles. The third kappa shape index (κ3) is 3.62. The van der Waals surface area contributed by atoms with Gasteiger partial charge in [-0.25, -0.2) is 14.4 Å². The molecule has 1 aromatic carbocycles. The van der Waals surface area contributed by atoms with Crippen LogP contribution in [-0.4, -0.2) is 15.9 Å². The van der Waals surface area contributed by atoms with Crippen molar-refractivity contribution in [3.8, 4) is 0 Å². The highest BCUT2D eigenvalue weighted by Crippen LogP contribution is 2.18. The summed E-state index contributed by atoms with van der Waals surface area (Å²) in [5.41, 5.74) is -0.117. The van der Waals surface area contributed by atoms with E-state index in [9.17, 15) is 9.18 Å². The first kappa shape index (κ1) is 14.2. The number of aromatic nitrogens is 2. The number of nitrogens with zero attached hydrogens (tertiary/aromatic N) is 2. The molecule has 98 valence electrons. The molecule has 0 spiro atoms. The predicted octanol–water partition coefficient (Wildman–Crippen LogP) is 3.94. The predicted molar refractivity (Wildman–Crippen MR) is 74.1 cm³/mol. The van der Waals surface area contributed by atoms with Crippen LogP contribution in [-0.2, 0) is 0 Å². The van der Waals surface area contributed by atoms with Gasteiger partial charge in [0.05, 0.1) is 5.56 Å². The van der Waals surface area contributed by atoms with Gasteiger partial charge in [0.1, 0.15) is 16.8 Å². The normalized spacial score (nSPS) is 10.3. The number of benzene rings is 1. The largest absolute Gasteiger partial charge is 0.306 e. The smallest absolute Gasteiger partial charge is 0.259 e. The van der Waals surface area contributed by atoms with Crippen molar-refractivity contribution >= 4 is 50.9 Å². The first-order valence-electron chi connectivity index (χ1n) is 4.92. The Labute approximate surface area is 126 Å². The van der Waals surface area contributed by atoms with Crippen LogP contribution in [0.5, 0.6) is 0 Å². The number of rotatable bonds is 2. The molecule has 0 aliphatic rings. The average Bonchev–Trinajstić information content (AvgIpc) is 2.26. The lowest BCUT2D eigenvalue weighted by atomic mass is 10.2. The fourth-order valence-corrected chi connectivity index (χ4v) is 2.05. The number of carbonyl (C=O) groups is 1. The van der Waals surface area contributed by atoms with Gasteiger partial charge in [-0.3, -0.25) is 4.79 Å². The second-order valence-corrected chi connectivity index (χ2v) is 5.06. The third-order valence-electron chi connectivity index (χ3n) is 2.08. The van der Waals surface area contributed by atoms with Gasteiger partial charge in [-0.15, -0.1) is 0 Å². The molecule has 1 heterocycles. The van der Waals surface area contributed by atoms with Gasteiger partial charge in [-0.2, -0.15) is 0 Å². The van der Waals surface area contributed by atoms with Crippen molar-refractivity contribution < 1.29 is 9.18 Å². The zero-order valence-corrected chi connectivity index (χ0v) is 12.2. The molecular formula is C11H5BrCl2FN3O. The van der Waals surface area contributed by atoms with Crippen LogP contribution in [0.3, 0.4) is 0 Å². The average molecular weight is 365 g/mol. The number of nitrogens with one attached hydrogen (secondary N) is 1. The summed E-state index contributed by atoms with van der Waals surface area (Å²) in [4.78, 5) is 19.2. The van der Waals surface area contributed by atoms with Gasteiger partial charge in [0.25, 0.3) is 5.91 Å². The summed E-state index contributed by atoms with van der Waals surface area (Å²) in [6, 6.07) is 5.40. The SMILES string of the molecule is O=C(Nc1cc(Cl)nc(Cl)n1)c1ccc(Br)cc1F. The molecule has 0 aliphatic heterocycles. The van der Waals surface area contributed by atoms with Crippen LogP contribution in [0.1, 0.15) is 10.4 Å². The Morgan fingerprint density at radius 1 is 1.26 bits per heavy atom. The molecule has 1 amide bonds. The van der Waals surface area contributed by atoms with Crippen LogP contribution in [0.25, 0.3) is 0 Å². The minimum absolute atomic E-state index is 0.0755. The van der Waals surface area contributed by atoms with E-state index in [1.54, 1.807) is 6.07 Å². The molecule has 0 atom stereocenters. The van der Waals surface area contributed by atoms with E-state index < -0.39 is 11.7 Å². The maximum absolute atomic E-state index is 13.6. The van der Waals surface area contributed by atoms with E-state index in [2.05, 4.69) is 31.2 Å². The number of hydrogen-bond acceptors (Lipinski definition) is 3. The number of carbonyl (C=O) groups excluding carboxylic acids is 1. The van der Waals surface area contributed by atoms with Crippen molar-refractivity contribution in [1.29, 1.82) is 0 Å². The van der Waals surface area contributed by atoms with Gasteiger partial charge in [0.15, 0.2) is 0 Å². The van der Waals surface area contributed by atoms with Crippen LogP contribution in [0.2, 0.25) is 10.4 Å². The summed E-state index contributed by atoms with van der Waals surface area (Å²) in [5.74, 6) is -1.22. The molecule has 0 saturated carbocycles. The van der Waals surface area contributed by atoms with Gasteiger partial charge in [-0.1, -0.05) is 27.5 Å². The van der Waals surface area contributed by atoms with Crippen molar-refractivity contribution in [3.63, 3.8) is 0 Å². The maximum Gasteiger partial charge on any atom is 0.259 e. The van der Waals surface area contributed by atoms with Crippen LogP contribution >= 0.6 is 39.1 Å². The number of halogens is 4. The molecule has 1 aromatic heterocycles. The number of hydrogen-bond donors (Lipinski definition) is 1. The summed E-state index contributed by atoms with van der Waals surface area (Å²) in [7, 11) is 0. The lowest BCUT2D eigenvalue weighted by molar-refractivity contribution is 0.102. The number of anilines is 1. The first-order valence-corrected chi connectivity index (χ1v) is 6.47. The summed E-state index contributed by atoms with van der Waals surface area (Å²) >= 11 is 14.4. The molecule has 4 nitrogen and oxygen atoms in total. The molecular weight excluding hydrogens is 360 g/mol. The highest BCUT2D eigenvalue weighted by Gasteiger charge is 2.13. The number of amides is 1. The summed E-state index contributed by atoms with van der Waals surface area (Å²) in [6.07, 6.45) is 0. The van der Waals surface area contributed by atoms with E-state index in [0.29, 0.717) is 4.47 Å². The summed E-state index contributed by atoms with van der Waals surface area (Å²) in [6.45, 7) is 0. The lowest BCUT2D eigenvalue weighted by Crippen LogP contribution is -2.15. The van der Waals surface area contributed by atoms with Gasteiger partial charge < -0.3 is 5.32 Å². The van der Waals surface area contributed by atoms with E-state index >= 15 is 0 Å². The fourth-order valence-electron chi connectivity index (χ4n) is 1.31. The quantitative estimate of drug-likeness (QED) is 0.648. The van der Waals surface area contributed by atoms with Crippen molar-refractivity contribution in [3.05, 3.63) is 50.6 Å². The second-order valence-electron chi connectivity index (χ2n) is 3.42. The first-order chi connectivity index (χ1) is 8.95. The second kappa shape index (κ2) is 5.81. The van der Waals surface area contributed by atoms with Crippen LogP contribution in [0.15, 0.2) is 28.7 Å². The van der Waals surface area contributed by atoms with E-state index in [1.165, 1.54) is 18.2 Å². The fraction of sp³-hybridized carbons (Fsp3) is 0. The van der Waals surface area contributed by atoms with Crippen LogP contribution in [0.4, 0.5) is 10.2 Å². The van der Waals surface area contributed by atoms with E-state index in [1.807, 2.05) is 0 Å². The Kier molecular flexibility index (Phi) is 4.34. The van der Waals surface area contributed by atoms with E-state index in [0.717, 1.165) is 0 Å². The minimum atomic E-state index is -0.657. The Morgan fingerprint density at radius 3 is 2.63 bits per heavy atom. The maximum atomic E-state index is 13.6. The van der Waals surface area contributed by atoms with E-state index in [4.69, 9.17) is 23.2 Å². The van der Waals surface area contributed by atoms with Crippen molar-refractivity contribution in [2.45, 2.75) is 0 Å². The van der Waals surface area contributed by atoms with Gasteiger partial charge in [0.2, 0.25) is 5.28 Å². The molecule has 1 N–H and O–H groups in total. The summed E-state index contributed by atoms with van der Waals surface area (Å²) in [5, 5.41) is 2.35. The molecule has 0 fully saturated rings. The Hall–Kier alpha value is -1.24. The lowest BCUT2D eigenvalue weighted by Gasteiger charge is -2.06. The van der Waals surface area contributed by atoms with Crippen LogP contribution < -0.4 is 5.32 Å². The highest BCUT2D eigenvalue weighted by atomic mass is 79.9. The third-order valence-corrected chi connectivity index (χ3v) is 2.94. The van der Waals surface area contributed by atoms with Crippen LogP contribution in [0, 0.1) is 5.82 Å². The molecule has 0 saturated heterocycles. The Balaban J connectivity index is 2.25. The van der Waals surface area contributed by atoms with Gasteiger partial charge in [0, 0.05) is 10.5 Å². The molecule has 8 heteroatoms. The van der Waals surface area contributed by atoms with Gasteiger partial charge in [-0.05, 0) is 29.8 Å². The monoisotopic (exact) mass is 363 g/mol. The van der Waals surface area contributed by atoms with E-state index in [-0.39, 0.29) is 21.8 Å². The Bertz CT molecular complexity index is 634. The molecule has 2 aromatic rings. The molecule has 0 bridgehead atoms. The zero-order chi connectivity index (χ0) is 14.0. The van der Waals surface area contributed by atoms with Crippen molar-refractivity contribution in [2.24, 2.45) is 0 Å². The highest BCUT2D eigenvalue weighted by molar-refractivity contribution is 9.10. The Morgan fingerprint density at radius 2 is 2.00 bits per heavy atom. The minimum Gasteiger partial charge on any atom is -0.306 e. The van der Waals surface area contributed by atoms with Gasteiger partial charge >= 0.3 is 0 Å². The molecule has 19 heavy (non-hydrogen) atoms. The zero-order valence-electron chi connectivity index (χ0n) is 9.12. The van der Waals surface area contributed by atoms with Crippen molar-refractivity contribution in [1.82, 2.24) is 9.97 Å². The molecule has 0 radical (unpaired) electrons. The van der Waals surface area contributed by atoms with Crippen molar-refractivity contribution in [2.75, 3.05) is 5.32 Å². The standard InChI is InChI=1S/C11H5BrCl2FN3O/c12-5-1-2-6(7(15)3-5)10(19)17-9-4-8(13)16-11(14)18-9/h1-4H,(H,16,17,18,19). The molecule has 2 rings (SSSR count). The topological polar surface area (TPSA) is 54.9 Å². The summed E-state index contributed by atoms with van der Waals surface area (Å²) < 4.78 is 14.1. The molecule has 0 unspecified atom stereocenters.